The fraction of sp³-hybridized carbons (Fsp3) is 0.538. The number of nitrogens with one attached hydrogen (secondary N) is 1. The van der Waals surface area contributed by atoms with Crippen LogP contribution >= 0.6 is 0 Å². The van der Waals surface area contributed by atoms with E-state index in [-0.39, 0.29) is 10.6 Å². The maximum atomic E-state index is 10.8. The molecule has 1 aromatic carbocycles. The fourth-order valence-corrected chi connectivity index (χ4v) is 1.59. The number of nitro benzene ring substituents is 1. The molecule has 0 unspecified atom stereocenters. The molecule has 0 aliphatic rings. The Labute approximate surface area is 107 Å². The van der Waals surface area contributed by atoms with E-state index in [9.17, 15) is 10.1 Å². The summed E-state index contributed by atoms with van der Waals surface area (Å²) in [6, 6.07) is 5.03. The molecule has 0 radical (unpaired) electrons. The van der Waals surface area contributed by atoms with E-state index in [1.165, 1.54) is 6.07 Å². The monoisotopic (exact) mass is 252 g/mol. The van der Waals surface area contributed by atoms with Crippen molar-refractivity contribution >= 4 is 11.4 Å². The van der Waals surface area contributed by atoms with Crippen molar-refractivity contribution in [2.45, 2.75) is 20.8 Å². The highest BCUT2D eigenvalue weighted by atomic mass is 16.6. The van der Waals surface area contributed by atoms with Gasteiger partial charge in [-0.1, -0.05) is 19.9 Å². The standard InChI is InChI=1S/C13H20N2O3/c1-10(2)9-18-8-7-14-12-5-4-6-13(11(12)3)15(16)17/h4-6,10,14H,7-9H2,1-3H3. The summed E-state index contributed by atoms with van der Waals surface area (Å²) in [6.07, 6.45) is 0. The number of rotatable bonds is 7. The average Bonchev–Trinajstić information content (AvgIpc) is 2.30. The molecule has 5 nitrogen and oxygen atoms in total. The predicted molar refractivity (Wildman–Crippen MR) is 72.0 cm³/mol. The van der Waals surface area contributed by atoms with E-state index >= 15 is 0 Å². The molecule has 1 rings (SSSR count). The van der Waals surface area contributed by atoms with Crippen molar-refractivity contribution in [3.63, 3.8) is 0 Å². The van der Waals surface area contributed by atoms with Gasteiger partial charge in [-0.2, -0.15) is 0 Å². The predicted octanol–water partition coefficient (Wildman–Crippen LogP) is 2.99. The summed E-state index contributed by atoms with van der Waals surface area (Å²) in [5.74, 6) is 0.518. The largest absolute Gasteiger partial charge is 0.382 e. The van der Waals surface area contributed by atoms with Crippen molar-refractivity contribution in [1.82, 2.24) is 0 Å². The molecular formula is C13H20N2O3. The first-order chi connectivity index (χ1) is 8.52. The van der Waals surface area contributed by atoms with Crippen LogP contribution in [0.4, 0.5) is 11.4 Å². The Kier molecular flexibility index (Phi) is 5.58. The Bertz CT molecular complexity index is 405. The number of hydrogen-bond donors (Lipinski definition) is 1. The van der Waals surface area contributed by atoms with Gasteiger partial charge in [0.25, 0.3) is 5.69 Å². The van der Waals surface area contributed by atoms with Crippen molar-refractivity contribution in [3.8, 4) is 0 Å². The van der Waals surface area contributed by atoms with Gasteiger partial charge in [0.15, 0.2) is 0 Å². The second kappa shape index (κ2) is 6.96. The lowest BCUT2D eigenvalue weighted by molar-refractivity contribution is -0.385. The molecule has 0 amide bonds. The van der Waals surface area contributed by atoms with Gasteiger partial charge >= 0.3 is 0 Å². The van der Waals surface area contributed by atoms with E-state index in [4.69, 9.17) is 4.74 Å². The highest BCUT2D eigenvalue weighted by Crippen LogP contribution is 2.24. The highest BCUT2D eigenvalue weighted by Gasteiger charge is 2.12. The van der Waals surface area contributed by atoms with Crippen molar-refractivity contribution in [2.75, 3.05) is 25.1 Å². The minimum absolute atomic E-state index is 0.142. The molecule has 0 heterocycles. The number of hydrogen-bond acceptors (Lipinski definition) is 4. The molecule has 0 aromatic heterocycles. The van der Waals surface area contributed by atoms with Crippen molar-refractivity contribution in [3.05, 3.63) is 33.9 Å². The Morgan fingerprint density at radius 3 is 2.78 bits per heavy atom. The minimum atomic E-state index is -0.365. The Hall–Kier alpha value is -1.62. The third kappa shape index (κ3) is 4.33. The molecular weight excluding hydrogens is 232 g/mol. The summed E-state index contributed by atoms with van der Waals surface area (Å²) in [5, 5.41) is 13.9. The summed E-state index contributed by atoms with van der Waals surface area (Å²) >= 11 is 0. The molecule has 18 heavy (non-hydrogen) atoms. The minimum Gasteiger partial charge on any atom is -0.382 e. The van der Waals surface area contributed by atoms with Gasteiger partial charge in [-0.25, -0.2) is 0 Å². The zero-order valence-corrected chi connectivity index (χ0v) is 11.1. The molecule has 0 spiro atoms. The number of ether oxygens (including phenoxy) is 1. The van der Waals surface area contributed by atoms with Crippen LogP contribution < -0.4 is 5.32 Å². The van der Waals surface area contributed by atoms with Crippen LogP contribution in [0, 0.1) is 23.0 Å². The van der Waals surface area contributed by atoms with E-state index in [1.807, 2.05) is 6.07 Å². The second-order valence-corrected chi connectivity index (χ2v) is 4.60. The van der Waals surface area contributed by atoms with Crippen LogP contribution in [-0.2, 0) is 4.74 Å². The van der Waals surface area contributed by atoms with Gasteiger partial charge in [0, 0.05) is 30.5 Å². The van der Waals surface area contributed by atoms with Gasteiger partial charge in [0.2, 0.25) is 0 Å². The lowest BCUT2D eigenvalue weighted by Crippen LogP contribution is -2.13. The Balaban J connectivity index is 2.48. The van der Waals surface area contributed by atoms with Gasteiger partial charge in [0.05, 0.1) is 11.5 Å². The van der Waals surface area contributed by atoms with E-state index in [0.29, 0.717) is 24.6 Å². The molecule has 0 saturated carbocycles. The van der Waals surface area contributed by atoms with Crippen LogP contribution in [0.5, 0.6) is 0 Å². The molecule has 0 fully saturated rings. The van der Waals surface area contributed by atoms with Crippen LogP contribution in [0.3, 0.4) is 0 Å². The Morgan fingerprint density at radius 2 is 2.17 bits per heavy atom. The smallest absolute Gasteiger partial charge is 0.274 e. The average molecular weight is 252 g/mol. The maximum absolute atomic E-state index is 10.8. The van der Waals surface area contributed by atoms with E-state index in [1.54, 1.807) is 13.0 Å². The van der Waals surface area contributed by atoms with Crippen LogP contribution in [0.15, 0.2) is 18.2 Å². The highest BCUT2D eigenvalue weighted by molar-refractivity contribution is 5.59. The zero-order chi connectivity index (χ0) is 13.5. The number of nitro groups is 1. The van der Waals surface area contributed by atoms with E-state index in [2.05, 4.69) is 19.2 Å². The third-order valence-electron chi connectivity index (χ3n) is 2.51. The fourth-order valence-electron chi connectivity index (χ4n) is 1.59. The topological polar surface area (TPSA) is 64.4 Å². The summed E-state index contributed by atoms with van der Waals surface area (Å²) in [6.45, 7) is 7.91. The SMILES string of the molecule is Cc1c(NCCOCC(C)C)cccc1[N+](=O)[O-]. The first-order valence-corrected chi connectivity index (χ1v) is 6.08. The van der Waals surface area contributed by atoms with E-state index < -0.39 is 0 Å². The zero-order valence-electron chi connectivity index (χ0n) is 11.1. The molecule has 5 heteroatoms. The summed E-state index contributed by atoms with van der Waals surface area (Å²) in [5.41, 5.74) is 1.59. The van der Waals surface area contributed by atoms with Crippen LogP contribution in [0.1, 0.15) is 19.4 Å². The molecule has 1 aromatic rings. The number of nitrogens with zero attached hydrogens (tertiary/aromatic N) is 1. The molecule has 0 atom stereocenters. The van der Waals surface area contributed by atoms with Crippen LogP contribution in [0.2, 0.25) is 0 Å². The molecule has 0 bridgehead atoms. The quantitative estimate of drug-likeness (QED) is 0.460. The van der Waals surface area contributed by atoms with Gasteiger partial charge in [0.1, 0.15) is 0 Å². The van der Waals surface area contributed by atoms with Crippen LogP contribution in [-0.4, -0.2) is 24.7 Å². The Morgan fingerprint density at radius 1 is 1.44 bits per heavy atom. The number of anilines is 1. The third-order valence-corrected chi connectivity index (χ3v) is 2.51. The molecule has 0 aliphatic carbocycles. The van der Waals surface area contributed by atoms with Gasteiger partial charge in [-0.3, -0.25) is 10.1 Å². The molecule has 100 valence electrons. The molecule has 1 N–H and O–H groups in total. The normalized spacial score (nSPS) is 10.7. The van der Waals surface area contributed by atoms with Crippen molar-refractivity contribution < 1.29 is 9.66 Å². The molecule has 0 saturated heterocycles. The van der Waals surface area contributed by atoms with E-state index in [0.717, 1.165) is 12.3 Å². The van der Waals surface area contributed by atoms with Crippen molar-refractivity contribution in [1.29, 1.82) is 0 Å². The maximum Gasteiger partial charge on any atom is 0.274 e. The lowest BCUT2D eigenvalue weighted by atomic mass is 10.1. The van der Waals surface area contributed by atoms with Gasteiger partial charge in [-0.15, -0.1) is 0 Å². The van der Waals surface area contributed by atoms with Crippen molar-refractivity contribution in [2.24, 2.45) is 5.92 Å². The first kappa shape index (κ1) is 14.4. The lowest BCUT2D eigenvalue weighted by Gasteiger charge is -2.10. The summed E-state index contributed by atoms with van der Waals surface area (Å²) in [4.78, 5) is 10.4. The summed E-state index contributed by atoms with van der Waals surface area (Å²) < 4.78 is 5.44. The second-order valence-electron chi connectivity index (χ2n) is 4.60. The summed E-state index contributed by atoms with van der Waals surface area (Å²) in [7, 11) is 0. The van der Waals surface area contributed by atoms with Gasteiger partial charge < -0.3 is 10.1 Å². The van der Waals surface area contributed by atoms with Gasteiger partial charge in [-0.05, 0) is 18.9 Å². The first-order valence-electron chi connectivity index (χ1n) is 6.08. The number of benzene rings is 1. The van der Waals surface area contributed by atoms with Crippen LogP contribution in [0.25, 0.3) is 0 Å². The molecule has 0 aliphatic heterocycles.